The zero-order chi connectivity index (χ0) is 29.7. The molecule has 2 aliphatic rings. The van der Waals surface area contributed by atoms with Crippen LogP contribution in [0.15, 0.2) is 11.6 Å². The van der Waals surface area contributed by atoms with Gasteiger partial charge < -0.3 is 24.8 Å². The van der Waals surface area contributed by atoms with Crippen molar-refractivity contribution in [1.82, 2.24) is 0 Å². The molecular formula is C35H64O6. The van der Waals surface area contributed by atoms with Crippen LogP contribution in [0.3, 0.4) is 0 Å². The van der Waals surface area contributed by atoms with Crippen LogP contribution in [0.25, 0.3) is 0 Å². The van der Waals surface area contributed by atoms with E-state index in [1.54, 1.807) is 0 Å². The lowest BCUT2D eigenvalue weighted by molar-refractivity contribution is -0.139. The third-order valence-electron chi connectivity index (χ3n) is 9.07. The molecule has 0 bridgehead atoms. The van der Waals surface area contributed by atoms with E-state index in [9.17, 15) is 20.1 Å². The Morgan fingerprint density at radius 3 is 1.71 bits per heavy atom. The van der Waals surface area contributed by atoms with Gasteiger partial charge in [-0.25, -0.2) is 4.79 Å². The number of carbonyl (C=O) groups excluding carboxylic acids is 1. The molecule has 0 spiro atoms. The summed E-state index contributed by atoms with van der Waals surface area (Å²) in [4.78, 5) is 11.6. The van der Waals surface area contributed by atoms with Crippen molar-refractivity contribution in [3.63, 3.8) is 0 Å². The summed E-state index contributed by atoms with van der Waals surface area (Å²) < 4.78 is 11.2. The van der Waals surface area contributed by atoms with E-state index < -0.39 is 18.3 Å². The number of unbranched alkanes of at least 4 members (excludes halogenated alkanes) is 15. The van der Waals surface area contributed by atoms with Crippen molar-refractivity contribution in [1.29, 1.82) is 0 Å². The van der Waals surface area contributed by atoms with E-state index in [1.807, 2.05) is 13.0 Å². The van der Waals surface area contributed by atoms with Gasteiger partial charge >= 0.3 is 5.97 Å². The Morgan fingerprint density at radius 2 is 1.17 bits per heavy atom. The van der Waals surface area contributed by atoms with Crippen LogP contribution in [0.1, 0.15) is 168 Å². The first-order chi connectivity index (χ1) is 19.9. The summed E-state index contributed by atoms with van der Waals surface area (Å²) in [7, 11) is 0. The van der Waals surface area contributed by atoms with E-state index in [0.29, 0.717) is 12.8 Å². The normalized spacial score (nSPS) is 23.0. The van der Waals surface area contributed by atoms with Crippen molar-refractivity contribution in [3.8, 4) is 0 Å². The van der Waals surface area contributed by atoms with Gasteiger partial charge in [-0.05, 0) is 64.4 Å². The zero-order valence-corrected chi connectivity index (χ0v) is 26.6. The number of hydrogen-bond acceptors (Lipinski definition) is 6. The number of esters is 1. The monoisotopic (exact) mass is 580 g/mol. The minimum absolute atomic E-state index is 0.0836. The van der Waals surface area contributed by atoms with Gasteiger partial charge in [-0.2, -0.15) is 0 Å². The van der Waals surface area contributed by atoms with Crippen molar-refractivity contribution in [2.75, 3.05) is 0 Å². The van der Waals surface area contributed by atoms with Crippen LogP contribution in [-0.2, 0) is 14.3 Å². The summed E-state index contributed by atoms with van der Waals surface area (Å²) in [6, 6.07) is 0. The molecule has 1 saturated heterocycles. The molecule has 0 aromatic heterocycles. The molecule has 0 saturated carbocycles. The molecule has 2 rings (SSSR count). The number of ether oxygens (including phenoxy) is 2. The van der Waals surface area contributed by atoms with Gasteiger partial charge in [-0.3, -0.25) is 0 Å². The second kappa shape index (κ2) is 22.6. The molecule has 0 aromatic carbocycles. The minimum Gasteiger partial charge on any atom is -0.455 e. The van der Waals surface area contributed by atoms with Crippen LogP contribution in [0.2, 0.25) is 0 Å². The molecule has 2 aliphatic heterocycles. The van der Waals surface area contributed by atoms with Crippen LogP contribution < -0.4 is 0 Å². The Bertz CT molecular complexity index is 694. The molecule has 5 unspecified atom stereocenters. The second-order valence-electron chi connectivity index (χ2n) is 12.9. The predicted molar refractivity (Wildman–Crippen MR) is 167 cm³/mol. The maximum absolute atomic E-state index is 11.6. The number of cyclic esters (lactones) is 1. The van der Waals surface area contributed by atoms with E-state index in [-0.39, 0.29) is 24.3 Å². The maximum atomic E-state index is 11.6. The van der Waals surface area contributed by atoms with Gasteiger partial charge in [0.05, 0.1) is 30.5 Å². The number of rotatable bonds is 26. The average molecular weight is 581 g/mol. The first kappa shape index (κ1) is 36.2. The van der Waals surface area contributed by atoms with Crippen molar-refractivity contribution in [2.24, 2.45) is 0 Å². The largest absolute Gasteiger partial charge is 0.455 e. The molecule has 2 heterocycles. The number of aliphatic hydroxyl groups excluding tert-OH is 3. The molecule has 41 heavy (non-hydrogen) atoms. The van der Waals surface area contributed by atoms with Crippen LogP contribution >= 0.6 is 0 Å². The van der Waals surface area contributed by atoms with Crippen molar-refractivity contribution >= 4 is 5.97 Å². The third kappa shape index (κ3) is 16.5. The lowest BCUT2D eigenvalue weighted by atomic mass is 9.99. The van der Waals surface area contributed by atoms with E-state index in [2.05, 4.69) is 6.92 Å². The van der Waals surface area contributed by atoms with Crippen molar-refractivity contribution in [2.45, 2.75) is 205 Å². The molecule has 240 valence electrons. The van der Waals surface area contributed by atoms with Gasteiger partial charge in [0.1, 0.15) is 6.10 Å². The van der Waals surface area contributed by atoms with Crippen LogP contribution in [0, 0.1) is 0 Å². The van der Waals surface area contributed by atoms with Crippen molar-refractivity contribution in [3.05, 3.63) is 11.6 Å². The quantitative estimate of drug-likeness (QED) is 0.0707. The smallest absolute Gasteiger partial charge is 0.334 e. The van der Waals surface area contributed by atoms with E-state index in [4.69, 9.17) is 9.47 Å². The standard InChI is InChI=1S/C35H64O6/c1-3-4-5-6-7-8-9-10-11-12-16-19-22-31(37)33-25-26-34(41-33)32(38)24-23-30(36)21-18-15-13-14-17-20-29-27-28(2)40-35(29)39/h27-28,30-34,36-38H,3-26H2,1-2H3/t28-,30?,31?,32?,33?,34?/m0/s1. The number of carbonyl (C=O) groups is 1. The summed E-state index contributed by atoms with van der Waals surface area (Å²) in [5.41, 5.74) is 0.818. The highest BCUT2D eigenvalue weighted by molar-refractivity contribution is 5.90. The summed E-state index contributed by atoms with van der Waals surface area (Å²) in [6.07, 6.45) is 26.1. The summed E-state index contributed by atoms with van der Waals surface area (Å²) in [5.74, 6) is -0.160. The Labute approximate surface area is 251 Å². The number of aliphatic hydroxyl groups is 3. The Balaban J connectivity index is 1.40. The highest BCUT2D eigenvalue weighted by atomic mass is 16.5. The molecule has 6 nitrogen and oxygen atoms in total. The fraction of sp³-hybridized carbons (Fsp3) is 0.914. The molecule has 3 N–H and O–H groups in total. The van der Waals surface area contributed by atoms with E-state index in [1.165, 1.54) is 70.6 Å². The first-order valence-electron chi connectivity index (χ1n) is 17.5. The Kier molecular flexibility index (Phi) is 20.0. The maximum Gasteiger partial charge on any atom is 0.334 e. The molecule has 0 radical (unpaired) electrons. The van der Waals surface area contributed by atoms with Gasteiger partial charge in [0.25, 0.3) is 0 Å². The van der Waals surface area contributed by atoms with Crippen LogP contribution in [0.4, 0.5) is 0 Å². The molecule has 0 aliphatic carbocycles. The lowest BCUT2D eigenvalue weighted by Crippen LogP contribution is -2.31. The predicted octanol–water partition coefficient (Wildman–Crippen LogP) is 8.09. The molecular weight excluding hydrogens is 516 g/mol. The van der Waals surface area contributed by atoms with Gasteiger partial charge in [0, 0.05) is 5.57 Å². The van der Waals surface area contributed by atoms with Crippen LogP contribution in [0.5, 0.6) is 0 Å². The molecule has 6 heteroatoms. The molecule has 1 fully saturated rings. The van der Waals surface area contributed by atoms with E-state index in [0.717, 1.165) is 76.2 Å². The zero-order valence-electron chi connectivity index (χ0n) is 26.6. The SMILES string of the molecule is CCCCCCCCCCCCCCC(O)C1CCC(C(O)CCC(O)CCCCCCCC2=C[C@H](C)OC2=O)O1. The Hall–Kier alpha value is -0.950. The van der Waals surface area contributed by atoms with Crippen molar-refractivity contribution < 1.29 is 29.6 Å². The summed E-state index contributed by atoms with van der Waals surface area (Å²) in [6.45, 7) is 4.15. The molecule has 0 amide bonds. The summed E-state index contributed by atoms with van der Waals surface area (Å²) in [5, 5.41) is 31.6. The average Bonchev–Trinajstić information content (AvgIpc) is 3.58. The fourth-order valence-corrected chi connectivity index (χ4v) is 6.37. The summed E-state index contributed by atoms with van der Waals surface area (Å²) >= 11 is 0. The Morgan fingerprint density at radius 1 is 0.683 bits per heavy atom. The first-order valence-corrected chi connectivity index (χ1v) is 17.5. The van der Waals surface area contributed by atoms with Gasteiger partial charge in [-0.15, -0.1) is 0 Å². The lowest BCUT2D eigenvalue weighted by Gasteiger charge is -2.23. The topological polar surface area (TPSA) is 96.2 Å². The number of hydrogen-bond donors (Lipinski definition) is 3. The fourth-order valence-electron chi connectivity index (χ4n) is 6.37. The molecule has 0 aromatic rings. The molecule has 6 atom stereocenters. The van der Waals surface area contributed by atoms with Gasteiger partial charge in [-0.1, -0.05) is 110 Å². The van der Waals surface area contributed by atoms with Crippen LogP contribution in [-0.4, -0.2) is 57.9 Å². The minimum atomic E-state index is -0.576. The van der Waals surface area contributed by atoms with Gasteiger partial charge in [0.15, 0.2) is 0 Å². The third-order valence-corrected chi connectivity index (χ3v) is 9.07. The highest BCUT2D eigenvalue weighted by Gasteiger charge is 2.34. The second-order valence-corrected chi connectivity index (χ2v) is 12.9. The van der Waals surface area contributed by atoms with Gasteiger partial charge in [0.2, 0.25) is 0 Å². The highest BCUT2D eigenvalue weighted by Crippen LogP contribution is 2.28. The van der Waals surface area contributed by atoms with E-state index >= 15 is 0 Å².